The number of fused-ring (bicyclic) bond motifs is 2. The SMILES string of the molecule is NC(=O)c1ccnn1-c1ncccc1C1CC2CC3C=C3C=C2N1. The molecule has 0 saturated carbocycles. The first kappa shape index (κ1) is 13.5. The standard InChI is InChI=1S/C18H17N5O/c19-17(24)16-3-5-21-23(16)18-13(2-1-4-20-18)15-9-12-7-10-6-11(10)8-14(12)22-15/h1-6,8,10,12,15,22H,7,9H2,(H2,19,24). The van der Waals surface area contributed by atoms with Crippen molar-refractivity contribution in [1.82, 2.24) is 20.1 Å². The van der Waals surface area contributed by atoms with Gasteiger partial charge in [0.25, 0.3) is 5.91 Å². The van der Waals surface area contributed by atoms with Crippen molar-refractivity contribution in [2.24, 2.45) is 17.6 Å². The van der Waals surface area contributed by atoms with E-state index in [2.05, 4.69) is 27.6 Å². The van der Waals surface area contributed by atoms with Crippen LogP contribution in [-0.4, -0.2) is 20.7 Å². The summed E-state index contributed by atoms with van der Waals surface area (Å²) in [7, 11) is 0. The maximum absolute atomic E-state index is 11.6. The van der Waals surface area contributed by atoms with Crippen molar-refractivity contribution in [2.75, 3.05) is 0 Å². The Hall–Kier alpha value is -2.89. The molecule has 1 fully saturated rings. The zero-order chi connectivity index (χ0) is 16.3. The fourth-order valence-electron chi connectivity index (χ4n) is 3.92. The molecule has 3 heterocycles. The lowest BCUT2D eigenvalue weighted by molar-refractivity contribution is 0.0992. The lowest BCUT2D eigenvalue weighted by atomic mass is 9.89. The first-order valence-corrected chi connectivity index (χ1v) is 8.19. The average molecular weight is 319 g/mol. The van der Waals surface area contributed by atoms with Gasteiger partial charge in [-0.2, -0.15) is 5.10 Å². The molecule has 3 aliphatic rings. The molecular weight excluding hydrogens is 302 g/mol. The van der Waals surface area contributed by atoms with Crippen LogP contribution in [0.25, 0.3) is 5.82 Å². The number of carbonyl (C=O) groups excluding carboxylic acids is 1. The maximum Gasteiger partial charge on any atom is 0.267 e. The molecule has 1 amide bonds. The molecule has 24 heavy (non-hydrogen) atoms. The third-order valence-electron chi connectivity index (χ3n) is 5.16. The second-order valence-electron chi connectivity index (χ2n) is 6.65. The second kappa shape index (κ2) is 4.80. The quantitative estimate of drug-likeness (QED) is 0.904. The molecule has 5 rings (SSSR count). The van der Waals surface area contributed by atoms with Crippen LogP contribution in [0.15, 0.2) is 54.0 Å². The number of nitrogens with two attached hydrogens (primary N) is 1. The van der Waals surface area contributed by atoms with Crippen LogP contribution in [-0.2, 0) is 0 Å². The van der Waals surface area contributed by atoms with Gasteiger partial charge in [-0.05, 0) is 36.6 Å². The molecule has 0 spiro atoms. The van der Waals surface area contributed by atoms with Crippen molar-refractivity contribution < 1.29 is 4.79 Å². The number of nitrogens with zero attached hydrogens (tertiary/aromatic N) is 3. The number of pyridine rings is 1. The molecule has 0 aromatic carbocycles. The lowest BCUT2D eigenvalue weighted by Crippen LogP contribution is -2.20. The van der Waals surface area contributed by atoms with E-state index in [1.165, 1.54) is 22.4 Å². The summed E-state index contributed by atoms with van der Waals surface area (Å²) in [4.78, 5) is 16.1. The molecule has 3 atom stereocenters. The Morgan fingerprint density at radius 3 is 3.08 bits per heavy atom. The number of primary amides is 1. The van der Waals surface area contributed by atoms with Gasteiger partial charge >= 0.3 is 0 Å². The Labute approximate surface area is 139 Å². The lowest BCUT2D eigenvalue weighted by Gasteiger charge is -2.16. The summed E-state index contributed by atoms with van der Waals surface area (Å²) in [6.07, 6.45) is 10.2. The summed E-state index contributed by atoms with van der Waals surface area (Å²) in [6.45, 7) is 0. The van der Waals surface area contributed by atoms with Gasteiger partial charge in [0.15, 0.2) is 5.82 Å². The van der Waals surface area contributed by atoms with E-state index < -0.39 is 5.91 Å². The molecule has 3 unspecified atom stereocenters. The summed E-state index contributed by atoms with van der Waals surface area (Å²) in [6, 6.07) is 5.76. The third-order valence-corrected chi connectivity index (χ3v) is 5.16. The van der Waals surface area contributed by atoms with Gasteiger partial charge in [0.2, 0.25) is 0 Å². The normalized spacial score (nSPS) is 26.8. The van der Waals surface area contributed by atoms with Crippen molar-refractivity contribution in [3.63, 3.8) is 0 Å². The second-order valence-corrected chi connectivity index (χ2v) is 6.65. The smallest absolute Gasteiger partial charge is 0.267 e. The van der Waals surface area contributed by atoms with Crippen LogP contribution in [0.5, 0.6) is 0 Å². The fraction of sp³-hybridized carbons (Fsp3) is 0.278. The predicted molar refractivity (Wildman–Crippen MR) is 88.1 cm³/mol. The minimum Gasteiger partial charge on any atom is -0.381 e. The predicted octanol–water partition coefficient (Wildman–Crippen LogP) is 1.86. The molecule has 6 heteroatoms. The van der Waals surface area contributed by atoms with Crippen molar-refractivity contribution in [2.45, 2.75) is 18.9 Å². The van der Waals surface area contributed by atoms with Gasteiger partial charge in [0.05, 0.1) is 12.2 Å². The molecule has 0 radical (unpaired) electrons. The van der Waals surface area contributed by atoms with E-state index in [4.69, 9.17) is 5.73 Å². The van der Waals surface area contributed by atoms with Gasteiger partial charge in [-0.25, -0.2) is 9.67 Å². The van der Waals surface area contributed by atoms with Gasteiger partial charge in [0.1, 0.15) is 5.69 Å². The Morgan fingerprint density at radius 2 is 2.21 bits per heavy atom. The van der Waals surface area contributed by atoms with Crippen LogP contribution in [0, 0.1) is 11.8 Å². The van der Waals surface area contributed by atoms with Crippen molar-refractivity contribution in [1.29, 1.82) is 0 Å². The van der Waals surface area contributed by atoms with Gasteiger partial charge in [-0.3, -0.25) is 4.79 Å². The number of amides is 1. The minimum absolute atomic E-state index is 0.174. The first-order chi connectivity index (χ1) is 11.7. The van der Waals surface area contributed by atoms with Crippen LogP contribution in [0.2, 0.25) is 0 Å². The largest absolute Gasteiger partial charge is 0.381 e. The van der Waals surface area contributed by atoms with E-state index in [1.807, 2.05) is 12.1 Å². The summed E-state index contributed by atoms with van der Waals surface area (Å²) in [5.74, 6) is 1.42. The molecule has 6 nitrogen and oxygen atoms in total. The Kier molecular flexibility index (Phi) is 2.71. The molecule has 2 aromatic rings. The average Bonchev–Trinajstić information content (AvgIpc) is 2.98. The maximum atomic E-state index is 11.6. The summed E-state index contributed by atoms with van der Waals surface area (Å²) in [5, 5.41) is 7.89. The number of allylic oxidation sites excluding steroid dienone is 4. The topological polar surface area (TPSA) is 85.8 Å². The molecule has 2 aliphatic carbocycles. The monoisotopic (exact) mass is 319 g/mol. The van der Waals surface area contributed by atoms with E-state index in [0.717, 1.165) is 12.0 Å². The molecular formula is C18H17N5O. The Balaban J connectivity index is 1.54. The highest BCUT2D eigenvalue weighted by molar-refractivity contribution is 5.91. The van der Waals surface area contributed by atoms with Crippen LogP contribution >= 0.6 is 0 Å². The fourth-order valence-corrected chi connectivity index (χ4v) is 3.92. The van der Waals surface area contributed by atoms with Crippen LogP contribution in [0.4, 0.5) is 0 Å². The number of hydrogen-bond donors (Lipinski definition) is 2. The van der Waals surface area contributed by atoms with Gasteiger partial charge in [0, 0.05) is 29.3 Å². The third kappa shape index (κ3) is 1.99. The van der Waals surface area contributed by atoms with E-state index in [0.29, 0.717) is 23.3 Å². The highest BCUT2D eigenvalue weighted by Crippen LogP contribution is 2.49. The molecule has 0 bridgehead atoms. The zero-order valence-corrected chi connectivity index (χ0v) is 13.0. The van der Waals surface area contributed by atoms with Gasteiger partial charge in [-0.1, -0.05) is 12.1 Å². The highest BCUT2D eigenvalue weighted by Gasteiger charge is 2.39. The van der Waals surface area contributed by atoms with Crippen molar-refractivity contribution in [3.8, 4) is 5.82 Å². The number of rotatable bonds is 3. The number of hydrogen-bond acceptors (Lipinski definition) is 4. The van der Waals surface area contributed by atoms with Crippen LogP contribution in [0.1, 0.15) is 34.9 Å². The number of aromatic nitrogens is 3. The summed E-state index contributed by atoms with van der Waals surface area (Å²) < 4.78 is 1.54. The molecule has 2 aromatic heterocycles. The molecule has 3 N–H and O–H groups in total. The van der Waals surface area contributed by atoms with Crippen molar-refractivity contribution >= 4 is 5.91 Å². The van der Waals surface area contributed by atoms with E-state index in [9.17, 15) is 4.79 Å². The van der Waals surface area contributed by atoms with Crippen LogP contribution in [0.3, 0.4) is 0 Å². The summed E-state index contributed by atoms with van der Waals surface area (Å²) in [5.41, 5.74) is 9.63. The Morgan fingerprint density at radius 1 is 1.29 bits per heavy atom. The van der Waals surface area contributed by atoms with E-state index >= 15 is 0 Å². The Bertz CT molecular complexity index is 910. The van der Waals surface area contributed by atoms with E-state index in [1.54, 1.807) is 18.5 Å². The van der Waals surface area contributed by atoms with Gasteiger partial charge < -0.3 is 11.1 Å². The van der Waals surface area contributed by atoms with Gasteiger partial charge in [-0.15, -0.1) is 0 Å². The van der Waals surface area contributed by atoms with E-state index in [-0.39, 0.29) is 6.04 Å². The highest BCUT2D eigenvalue weighted by atomic mass is 16.1. The minimum atomic E-state index is -0.508. The molecule has 120 valence electrons. The summed E-state index contributed by atoms with van der Waals surface area (Å²) >= 11 is 0. The molecule has 1 saturated heterocycles. The zero-order valence-electron chi connectivity index (χ0n) is 13.0. The number of carbonyl (C=O) groups is 1. The number of nitrogens with one attached hydrogen (secondary N) is 1. The first-order valence-electron chi connectivity index (χ1n) is 8.19. The molecule has 1 aliphatic heterocycles. The van der Waals surface area contributed by atoms with Crippen molar-refractivity contribution in [3.05, 3.63) is 65.3 Å². The van der Waals surface area contributed by atoms with Crippen LogP contribution < -0.4 is 11.1 Å².